The van der Waals surface area contributed by atoms with Gasteiger partial charge in [-0.3, -0.25) is 14.6 Å². The van der Waals surface area contributed by atoms with Crippen molar-refractivity contribution in [1.29, 1.82) is 0 Å². The van der Waals surface area contributed by atoms with Crippen LogP contribution in [0.3, 0.4) is 0 Å². The lowest BCUT2D eigenvalue weighted by atomic mass is 9.94. The summed E-state index contributed by atoms with van der Waals surface area (Å²) in [7, 11) is 0. The quantitative estimate of drug-likeness (QED) is 0.902. The van der Waals surface area contributed by atoms with Crippen molar-refractivity contribution in [2.24, 2.45) is 0 Å². The van der Waals surface area contributed by atoms with E-state index in [0.29, 0.717) is 13.0 Å². The van der Waals surface area contributed by atoms with Gasteiger partial charge in [0.25, 0.3) is 0 Å². The average molecular weight is 354 g/mol. The summed E-state index contributed by atoms with van der Waals surface area (Å²) in [5, 5.41) is 2.81. The predicted molar refractivity (Wildman–Crippen MR) is 83.4 cm³/mol. The molecule has 0 saturated carbocycles. The van der Waals surface area contributed by atoms with Gasteiger partial charge in [0.2, 0.25) is 11.8 Å². The lowest BCUT2D eigenvalue weighted by Crippen LogP contribution is -2.67. The first kappa shape index (κ1) is 15.9. The van der Waals surface area contributed by atoms with Crippen molar-refractivity contribution >= 4 is 27.7 Å². The zero-order valence-corrected chi connectivity index (χ0v) is 14.1. The Kier molecular flexibility index (Phi) is 4.66. The molecule has 1 aliphatic heterocycles. The van der Waals surface area contributed by atoms with Crippen LogP contribution in [0.2, 0.25) is 0 Å². The molecule has 0 bridgehead atoms. The Morgan fingerprint density at radius 1 is 1.38 bits per heavy atom. The molecule has 2 rings (SSSR count). The van der Waals surface area contributed by atoms with Crippen molar-refractivity contribution < 1.29 is 9.59 Å². The third-order valence-electron chi connectivity index (χ3n) is 3.59. The van der Waals surface area contributed by atoms with Crippen LogP contribution >= 0.6 is 15.9 Å². The Morgan fingerprint density at radius 3 is 2.67 bits per heavy atom. The molecule has 6 heteroatoms. The van der Waals surface area contributed by atoms with Crippen molar-refractivity contribution in [3.05, 3.63) is 28.5 Å². The van der Waals surface area contributed by atoms with E-state index in [1.54, 1.807) is 24.9 Å². The van der Waals surface area contributed by atoms with Crippen LogP contribution in [0.1, 0.15) is 39.3 Å². The zero-order chi connectivity index (χ0) is 15.6. The summed E-state index contributed by atoms with van der Waals surface area (Å²) in [6.07, 6.45) is 3.20. The summed E-state index contributed by atoms with van der Waals surface area (Å²) in [5.41, 5.74) is -0.0883. The monoisotopic (exact) mass is 353 g/mol. The number of nitrogens with one attached hydrogen (secondary N) is 1. The molecular weight excluding hydrogens is 334 g/mol. The molecule has 2 heterocycles. The van der Waals surface area contributed by atoms with E-state index in [9.17, 15) is 9.59 Å². The smallest absolute Gasteiger partial charge is 0.248 e. The summed E-state index contributed by atoms with van der Waals surface area (Å²) in [6, 6.07) is 3.33. The van der Waals surface area contributed by atoms with Gasteiger partial charge in [-0.1, -0.05) is 13.3 Å². The highest BCUT2D eigenvalue weighted by Gasteiger charge is 2.44. The van der Waals surface area contributed by atoms with Crippen molar-refractivity contribution in [1.82, 2.24) is 15.2 Å². The number of pyridine rings is 1. The molecule has 1 aromatic heterocycles. The zero-order valence-electron chi connectivity index (χ0n) is 12.5. The molecule has 5 nitrogen and oxygen atoms in total. The number of rotatable bonds is 4. The number of aromatic nitrogens is 1. The van der Waals surface area contributed by atoms with Gasteiger partial charge in [0.15, 0.2) is 0 Å². The summed E-state index contributed by atoms with van der Waals surface area (Å²) in [5.74, 6) is -0.149. The van der Waals surface area contributed by atoms with E-state index >= 15 is 0 Å². The van der Waals surface area contributed by atoms with Gasteiger partial charge >= 0.3 is 0 Å². The maximum atomic E-state index is 12.6. The van der Waals surface area contributed by atoms with Crippen LogP contribution in [0.15, 0.2) is 22.8 Å². The van der Waals surface area contributed by atoms with Crippen LogP contribution < -0.4 is 5.32 Å². The molecule has 0 aliphatic carbocycles. The molecule has 2 amide bonds. The molecule has 1 saturated heterocycles. The highest BCUT2D eigenvalue weighted by atomic mass is 79.9. The van der Waals surface area contributed by atoms with Crippen molar-refractivity contribution in [3.8, 4) is 0 Å². The topological polar surface area (TPSA) is 62.3 Å². The molecule has 1 aromatic rings. The number of nitrogens with zero attached hydrogens (tertiary/aromatic N) is 2. The van der Waals surface area contributed by atoms with E-state index in [0.717, 1.165) is 16.6 Å². The summed E-state index contributed by atoms with van der Waals surface area (Å²) in [6.45, 7) is 5.83. The van der Waals surface area contributed by atoms with Crippen molar-refractivity contribution in [2.75, 3.05) is 0 Å². The second-order valence-electron chi connectivity index (χ2n) is 5.82. The first-order chi connectivity index (χ1) is 9.85. The third-order valence-corrected chi connectivity index (χ3v) is 4.06. The fourth-order valence-corrected chi connectivity index (χ4v) is 2.74. The van der Waals surface area contributed by atoms with Gasteiger partial charge in [-0.25, -0.2) is 0 Å². The minimum atomic E-state index is -0.864. The number of hydrogen-bond acceptors (Lipinski definition) is 3. The minimum absolute atomic E-state index is 0.0646. The van der Waals surface area contributed by atoms with Gasteiger partial charge < -0.3 is 10.2 Å². The van der Waals surface area contributed by atoms with Crippen LogP contribution in [0, 0.1) is 0 Å². The normalized spacial score (nSPS) is 21.3. The molecular formula is C15H20BrN3O2. The average Bonchev–Trinajstić information content (AvgIpc) is 2.42. The minimum Gasteiger partial charge on any atom is -0.340 e. The van der Waals surface area contributed by atoms with Crippen LogP contribution in [-0.2, 0) is 16.1 Å². The van der Waals surface area contributed by atoms with Crippen molar-refractivity contribution in [3.63, 3.8) is 0 Å². The van der Waals surface area contributed by atoms with Crippen LogP contribution in [0.25, 0.3) is 0 Å². The van der Waals surface area contributed by atoms with Crippen molar-refractivity contribution in [2.45, 2.75) is 51.7 Å². The maximum Gasteiger partial charge on any atom is 0.248 e. The van der Waals surface area contributed by atoms with Crippen LogP contribution in [-0.4, -0.2) is 33.3 Å². The number of carbonyl (C=O) groups is 2. The Bertz CT molecular complexity index is 542. The highest BCUT2D eigenvalue weighted by Crippen LogP contribution is 2.23. The van der Waals surface area contributed by atoms with E-state index in [-0.39, 0.29) is 11.8 Å². The first-order valence-corrected chi connectivity index (χ1v) is 7.88. The van der Waals surface area contributed by atoms with E-state index in [2.05, 4.69) is 26.2 Å². The summed E-state index contributed by atoms with van der Waals surface area (Å²) in [4.78, 5) is 30.8. The standard InChI is InChI=1S/C15H20BrN3O2/c1-4-5-12-13(20)18-15(2,3)14(21)19(12)9-11-7-6-10(16)8-17-11/h6-8,12H,4-5,9H2,1-3H3,(H,18,20). The van der Waals surface area contributed by atoms with Gasteiger partial charge in [0.05, 0.1) is 12.2 Å². The third kappa shape index (κ3) is 3.43. The molecule has 1 unspecified atom stereocenters. The molecule has 114 valence electrons. The Hall–Kier alpha value is -1.43. The Morgan fingerprint density at radius 2 is 2.10 bits per heavy atom. The fourth-order valence-electron chi connectivity index (χ4n) is 2.50. The summed E-state index contributed by atoms with van der Waals surface area (Å²) < 4.78 is 0.888. The highest BCUT2D eigenvalue weighted by molar-refractivity contribution is 9.10. The van der Waals surface area contributed by atoms with Gasteiger partial charge in [0.1, 0.15) is 11.6 Å². The molecule has 1 N–H and O–H groups in total. The van der Waals surface area contributed by atoms with Gasteiger partial charge in [-0.05, 0) is 48.3 Å². The Balaban J connectivity index is 2.27. The van der Waals surface area contributed by atoms with Gasteiger partial charge in [-0.15, -0.1) is 0 Å². The fraction of sp³-hybridized carbons (Fsp3) is 0.533. The molecule has 1 aliphatic rings. The SMILES string of the molecule is CCCC1C(=O)NC(C)(C)C(=O)N1Cc1ccc(Br)cn1. The number of amides is 2. The lowest BCUT2D eigenvalue weighted by molar-refractivity contribution is -0.154. The van der Waals surface area contributed by atoms with E-state index < -0.39 is 11.6 Å². The molecule has 1 atom stereocenters. The number of piperazine rings is 1. The maximum absolute atomic E-state index is 12.6. The van der Waals surface area contributed by atoms with Crippen LogP contribution in [0.4, 0.5) is 0 Å². The molecule has 0 spiro atoms. The largest absolute Gasteiger partial charge is 0.340 e. The molecule has 1 fully saturated rings. The second-order valence-corrected chi connectivity index (χ2v) is 6.74. The molecule has 0 aromatic carbocycles. The number of hydrogen-bond donors (Lipinski definition) is 1. The number of halogens is 1. The van der Waals surface area contributed by atoms with Crippen LogP contribution in [0.5, 0.6) is 0 Å². The molecule has 0 radical (unpaired) electrons. The lowest BCUT2D eigenvalue weighted by Gasteiger charge is -2.42. The molecule has 21 heavy (non-hydrogen) atoms. The predicted octanol–water partition coefficient (Wildman–Crippen LogP) is 2.25. The van der Waals surface area contributed by atoms with E-state index in [4.69, 9.17) is 0 Å². The first-order valence-electron chi connectivity index (χ1n) is 7.08. The van der Waals surface area contributed by atoms with E-state index in [1.807, 2.05) is 19.1 Å². The Labute approximate surface area is 133 Å². The second kappa shape index (κ2) is 6.13. The van der Waals surface area contributed by atoms with E-state index in [1.165, 1.54) is 0 Å². The summed E-state index contributed by atoms with van der Waals surface area (Å²) >= 11 is 3.34. The number of carbonyl (C=O) groups excluding carboxylic acids is 2. The van der Waals surface area contributed by atoms with Gasteiger partial charge in [0, 0.05) is 10.7 Å². The van der Waals surface area contributed by atoms with Gasteiger partial charge in [-0.2, -0.15) is 0 Å².